The molecule has 38 heavy (non-hydrogen) atoms. The SMILES string of the molecule is CCCCCCCCC[Si](Oc1ccc2c(c1)Cc1c(F)cccc1-2)(C(C)C)C(CC)[Si](CC)(CC)CC. The zero-order valence-corrected chi connectivity index (χ0v) is 27.6. The number of hydrogen-bond acceptors (Lipinski definition) is 1. The van der Waals surface area contributed by atoms with Crippen LogP contribution >= 0.6 is 0 Å². The summed E-state index contributed by atoms with van der Waals surface area (Å²) >= 11 is 0. The molecule has 2 aromatic carbocycles. The lowest BCUT2D eigenvalue weighted by Crippen LogP contribution is -2.59. The van der Waals surface area contributed by atoms with Gasteiger partial charge in [0.2, 0.25) is 0 Å². The minimum absolute atomic E-state index is 0.0818. The van der Waals surface area contributed by atoms with Crippen LogP contribution in [0.25, 0.3) is 11.1 Å². The summed E-state index contributed by atoms with van der Waals surface area (Å²) in [5.41, 5.74) is 4.89. The van der Waals surface area contributed by atoms with Crippen molar-refractivity contribution in [3.63, 3.8) is 0 Å². The van der Waals surface area contributed by atoms with Gasteiger partial charge in [-0.25, -0.2) is 4.39 Å². The molecule has 3 rings (SSSR count). The van der Waals surface area contributed by atoms with Crippen LogP contribution in [-0.4, -0.2) is 16.4 Å². The summed E-state index contributed by atoms with van der Waals surface area (Å²) in [6.07, 6.45) is 11.4. The summed E-state index contributed by atoms with van der Waals surface area (Å²) in [6.45, 7) is 17.1. The first-order chi connectivity index (χ1) is 18.3. The molecule has 0 amide bonds. The van der Waals surface area contributed by atoms with Gasteiger partial charge in [0.15, 0.2) is 0 Å². The molecule has 1 nitrogen and oxygen atoms in total. The molecular weight excluding hydrogens is 500 g/mol. The van der Waals surface area contributed by atoms with Crippen molar-refractivity contribution < 1.29 is 8.82 Å². The maximum absolute atomic E-state index is 14.6. The van der Waals surface area contributed by atoms with Crippen LogP contribution in [0, 0.1) is 5.82 Å². The van der Waals surface area contributed by atoms with Gasteiger partial charge in [0.1, 0.15) is 11.6 Å². The molecule has 1 aliphatic rings. The van der Waals surface area contributed by atoms with Gasteiger partial charge >= 0.3 is 0 Å². The molecule has 0 saturated carbocycles. The molecule has 0 saturated heterocycles. The van der Waals surface area contributed by atoms with Gasteiger partial charge in [-0.15, -0.1) is 0 Å². The Morgan fingerprint density at radius 3 is 2.08 bits per heavy atom. The molecule has 0 fully saturated rings. The average Bonchev–Trinajstić information content (AvgIpc) is 3.30. The van der Waals surface area contributed by atoms with Crippen molar-refractivity contribution in [2.24, 2.45) is 0 Å². The number of halogens is 1. The Balaban J connectivity index is 1.94. The van der Waals surface area contributed by atoms with Crippen LogP contribution < -0.4 is 4.43 Å². The van der Waals surface area contributed by atoms with E-state index in [1.54, 1.807) is 6.07 Å². The standard InChI is InChI=1S/C34H55FOSi2/c1-8-13-14-15-16-17-18-24-38(27(6)7,34(9-2)37(10-3,11-4)12-5)36-29-22-23-30-28(25-29)26-32-31(30)20-19-21-33(32)35/h19-23,25,27,34H,8-18,24,26H2,1-7H3. The summed E-state index contributed by atoms with van der Waals surface area (Å²) in [4.78, 5) is 0. The second-order valence-electron chi connectivity index (χ2n) is 12.2. The molecule has 2 atom stereocenters. The third kappa shape index (κ3) is 6.49. The maximum Gasteiger partial charge on any atom is 0.254 e. The Morgan fingerprint density at radius 1 is 0.816 bits per heavy atom. The van der Waals surface area contributed by atoms with Gasteiger partial charge in [0, 0.05) is 12.0 Å². The van der Waals surface area contributed by atoms with Crippen molar-refractivity contribution in [2.45, 2.75) is 141 Å². The van der Waals surface area contributed by atoms with Crippen LogP contribution in [0.3, 0.4) is 0 Å². The van der Waals surface area contributed by atoms with E-state index in [1.807, 2.05) is 6.07 Å². The van der Waals surface area contributed by atoms with E-state index in [0.29, 0.717) is 12.0 Å². The number of benzene rings is 2. The van der Waals surface area contributed by atoms with Crippen LogP contribution in [0.1, 0.15) is 111 Å². The van der Waals surface area contributed by atoms with E-state index in [0.717, 1.165) is 22.0 Å². The zero-order valence-electron chi connectivity index (χ0n) is 25.6. The number of unbranched alkanes of at least 4 members (excludes halogenated alkanes) is 6. The van der Waals surface area contributed by atoms with Crippen molar-refractivity contribution in [3.05, 3.63) is 53.3 Å². The molecule has 2 unspecified atom stereocenters. The van der Waals surface area contributed by atoms with E-state index in [-0.39, 0.29) is 5.82 Å². The Kier molecular flexibility index (Phi) is 11.7. The van der Waals surface area contributed by atoms with Gasteiger partial charge in [-0.05, 0) is 51.6 Å². The van der Waals surface area contributed by atoms with Gasteiger partial charge in [0.25, 0.3) is 8.32 Å². The van der Waals surface area contributed by atoms with Gasteiger partial charge in [0.05, 0.1) is 8.07 Å². The van der Waals surface area contributed by atoms with Gasteiger partial charge in [-0.2, -0.15) is 0 Å². The summed E-state index contributed by atoms with van der Waals surface area (Å²) in [6, 6.07) is 17.5. The lowest BCUT2D eigenvalue weighted by Gasteiger charge is -2.50. The summed E-state index contributed by atoms with van der Waals surface area (Å²) in [5.74, 6) is 0.964. The second kappa shape index (κ2) is 14.3. The molecular formula is C34H55FOSi2. The predicted molar refractivity (Wildman–Crippen MR) is 170 cm³/mol. The summed E-state index contributed by atoms with van der Waals surface area (Å²) < 4.78 is 22.1. The van der Waals surface area contributed by atoms with Crippen LogP contribution in [-0.2, 0) is 6.42 Å². The maximum atomic E-state index is 14.6. The molecule has 0 aromatic heterocycles. The highest BCUT2D eigenvalue weighted by molar-refractivity contribution is 6.97. The van der Waals surface area contributed by atoms with E-state index in [4.69, 9.17) is 4.43 Å². The fourth-order valence-electron chi connectivity index (χ4n) is 7.69. The fourth-order valence-corrected chi connectivity index (χ4v) is 23.4. The largest absolute Gasteiger partial charge is 0.543 e. The third-order valence-electron chi connectivity index (χ3n) is 10.2. The molecule has 0 aliphatic heterocycles. The monoisotopic (exact) mass is 554 g/mol. The topological polar surface area (TPSA) is 9.23 Å². The highest BCUT2D eigenvalue weighted by Gasteiger charge is 2.54. The minimum Gasteiger partial charge on any atom is -0.543 e. The van der Waals surface area contributed by atoms with E-state index in [2.05, 4.69) is 72.7 Å². The second-order valence-corrected chi connectivity index (χ2v) is 22.8. The normalized spacial score (nSPS) is 15.3. The van der Waals surface area contributed by atoms with Crippen LogP contribution in [0.4, 0.5) is 4.39 Å². The summed E-state index contributed by atoms with van der Waals surface area (Å²) in [7, 11) is -3.63. The quantitative estimate of drug-likeness (QED) is 0.119. The molecule has 0 spiro atoms. The fraction of sp³-hybridized carbons (Fsp3) is 0.647. The van der Waals surface area contributed by atoms with E-state index in [1.165, 1.54) is 86.7 Å². The Hall–Kier alpha value is -1.40. The lowest BCUT2D eigenvalue weighted by atomic mass is 10.1. The predicted octanol–water partition coefficient (Wildman–Crippen LogP) is 11.7. The first-order valence-electron chi connectivity index (χ1n) is 15.9. The van der Waals surface area contributed by atoms with Crippen molar-refractivity contribution >= 4 is 16.4 Å². The van der Waals surface area contributed by atoms with Gasteiger partial charge in [-0.1, -0.05) is 136 Å². The van der Waals surface area contributed by atoms with Crippen molar-refractivity contribution in [2.75, 3.05) is 0 Å². The molecule has 0 radical (unpaired) electrons. The molecule has 1 aliphatic carbocycles. The van der Waals surface area contributed by atoms with Crippen LogP contribution in [0.15, 0.2) is 36.4 Å². The highest BCUT2D eigenvalue weighted by Crippen LogP contribution is 2.50. The van der Waals surface area contributed by atoms with Crippen LogP contribution in [0.2, 0.25) is 34.9 Å². The van der Waals surface area contributed by atoms with E-state index >= 15 is 0 Å². The third-order valence-corrected chi connectivity index (χ3v) is 24.9. The molecule has 0 N–H and O–H groups in total. The first-order valence-corrected chi connectivity index (χ1v) is 20.9. The zero-order chi connectivity index (χ0) is 27.8. The molecule has 2 aromatic rings. The molecule has 212 valence electrons. The molecule has 0 heterocycles. The van der Waals surface area contributed by atoms with Crippen LogP contribution in [0.5, 0.6) is 5.75 Å². The lowest BCUT2D eigenvalue weighted by molar-refractivity contribution is 0.488. The van der Waals surface area contributed by atoms with Crippen molar-refractivity contribution in [3.8, 4) is 16.9 Å². The number of fused-ring (bicyclic) bond motifs is 3. The summed E-state index contributed by atoms with van der Waals surface area (Å²) in [5, 5.41) is 0.762. The Morgan fingerprint density at radius 2 is 1.47 bits per heavy atom. The minimum atomic E-state index is -2.15. The van der Waals surface area contributed by atoms with Crippen molar-refractivity contribution in [1.82, 2.24) is 0 Å². The highest BCUT2D eigenvalue weighted by atomic mass is 28.4. The Labute approximate surface area is 236 Å². The van der Waals surface area contributed by atoms with E-state index in [9.17, 15) is 4.39 Å². The first kappa shape index (κ1) is 31.1. The van der Waals surface area contributed by atoms with E-state index < -0.39 is 16.4 Å². The van der Waals surface area contributed by atoms with Crippen molar-refractivity contribution in [1.29, 1.82) is 0 Å². The van der Waals surface area contributed by atoms with Gasteiger partial charge < -0.3 is 4.43 Å². The average molecular weight is 555 g/mol. The molecule has 0 bridgehead atoms. The number of hydrogen-bond donors (Lipinski definition) is 0. The Bertz CT molecular complexity index is 1010. The molecule has 4 heteroatoms. The van der Waals surface area contributed by atoms with Gasteiger partial charge in [-0.3, -0.25) is 0 Å². The number of rotatable bonds is 17. The smallest absolute Gasteiger partial charge is 0.254 e.